The lowest BCUT2D eigenvalue weighted by atomic mass is 9.96. The molecule has 1 atom stereocenters. The first kappa shape index (κ1) is 16.5. The molecule has 1 aliphatic heterocycles. The highest BCUT2D eigenvalue weighted by atomic mass is 32.1. The Kier molecular flexibility index (Phi) is 6.71. The van der Waals surface area contributed by atoms with Gasteiger partial charge in [0.2, 0.25) is 5.91 Å². The molecule has 0 spiro atoms. The van der Waals surface area contributed by atoms with Crippen molar-refractivity contribution in [1.29, 1.82) is 0 Å². The van der Waals surface area contributed by atoms with Crippen LogP contribution in [0.2, 0.25) is 0 Å². The maximum atomic E-state index is 11.9. The van der Waals surface area contributed by atoms with Crippen LogP contribution in [0.15, 0.2) is 17.5 Å². The van der Waals surface area contributed by atoms with Gasteiger partial charge in [-0.1, -0.05) is 26.3 Å². The van der Waals surface area contributed by atoms with E-state index in [1.807, 2.05) is 18.3 Å². The fourth-order valence-electron chi connectivity index (χ4n) is 2.95. The van der Waals surface area contributed by atoms with Gasteiger partial charge < -0.3 is 5.32 Å². The van der Waals surface area contributed by atoms with E-state index in [1.165, 1.54) is 17.7 Å². The minimum absolute atomic E-state index is 0.161. The first-order valence-electron chi connectivity index (χ1n) is 8.21. The number of hydrogen-bond acceptors (Lipinski definition) is 3. The Morgan fingerprint density at radius 3 is 2.86 bits per heavy atom. The summed E-state index contributed by atoms with van der Waals surface area (Å²) in [5.41, 5.74) is 0. The molecule has 1 N–H and O–H groups in total. The highest BCUT2D eigenvalue weighted by Crippen LogP contribution is 2.20. The molecule has 0 saturated carbocycles. The van der Waals surface area contributed by atoms with Crippen LogP contribution >= 0.6 is 11.3 Å². The van der Waals surface area contributed by atoms with Gasteiger partial charge in [0.1, 0.15) is 0 Å². The molecule has 0 bridgehead atoms. The fourth-order valence-corrected chi connectivity index (χ4v) is 3.70. The van der Waals surface area contributed by atoms with Crippen molar-refractivity contribution in [2.45, 2.75) is 46.1 Å². The topological polar surface area (TPSA) is 32.3 Å². The van der Waals surface area contributed by atoms with Crippen molar-refractivity contribution in [2.75, 3.05) is 19.6 Å². The lowest BCUT2D eigenvalue weighted by Crippen LogP contribution is -2.39. The summed E-state index contributed by atoms with van der Waals surface area (Å²) in [5, 5.41) is 5.29. The number of carbonyl (C=O) groups excluding carboxylic acids is 1. The Bertz CT molecular complexity index is 410. The third kappa shape index (κ3) is 5.44. The zero-order valence-electron chi connectivity index (χ0n) is 13.3. The smallest absolute Gasteiger partial charge is 0.222 e. The molecule has 0 radical (unpaired) electrons. The van der Waals surface area contributed by atoms with Crippen molar-refractivity contribution >= 4 is 17.2 Å². The van der Waals surface area contributed by atoms with Crippen LogP contribution in [-0.4, -0.2) is 30.4 Å². The van der Waals surface area contributed by atoms with Gasteiger partial charge in [-0.25, -0.2) is 0 Å². The van der Waals surface area contributed by atoms with Crippen molar-refractivity contribution < 1.29 is 4.79 Å². The second-order valence-electron chi connectivity index (χ2n) is 6.23. The van der Waals surface area contributed by atoms with Crippen LogP contribution in [-0.2, 0) is 11.3 Å². The average Bonchev–Trinajstić information content (AvgIpc) is 2.99. The number of piperidine rings is 1. The van der Waals surface area contributed by atoms with Crippen LogP contribution in [0.1, 0.15) is 44.4 Å². The summed E-state index contributed by atoms with van der Waals surface area (Å²) >= 11 is 1.84. The minimum atomic E-state index is 0.161. The second-order valence-corrected chi connectivity index (χ2v) is 7.27. The van der Waals surface area contributed by atoms with E-state index in [0.29, 0.717) is 5.92 Å². The highest BCUT2D eigenvalue weighted by Gasteiger charge is 2.20. The van der Waals surface area contributed by atoms with Crippen LogP contribution in [0.3, 0.4) is 0 Å². The molecule has 3 nitrogen and oxygen atoms in total. The number of carbonyl (C=O) groups is 1. The summed E-state index contributed by atoms with van der Waals surface area (Å²) in [5.74, 6) is 1.05. The second kappa shape index (κ2) is 8.54. The Morgan fingerprint density at radius 1 is 1.48 bits per heavy atom. The Hall–Kier alpha value is -0.870. The molecule has 1 aromatic rings. The molecule has 1 aromatic heterocycles. The number of nitrogens with zero attached hydrogens (tertiary/aromatic N) is 1. The van der Waals surface area contributed by atoms with Gasteiger partial charge in [-0.15, -0.1) is 11.3 Å². The standard InChI is InChI=1S/C17H28N2OS/c1-3-5-14(2)17(20)18-12-15-7-9-19(10-8-15)13-16-6-4-11-21-16/h4,6,11,14-15H,3,5,7-10,12-13H2,1-2H3,(H,18,20)/t14-/m0/s1. The summed E-state index contributed by atoms with van der Waals surface area (Å²) < 4.78 is 0. The molecule has 4 heteroatoms. The fraction of sp³-hybridized carbons (Fsp3) is 0.706. The van der Waals surface area contributed by atoms with Crippen molar-refractivity contribution in [3.05, 3.63) is 22.4 Å². The third-order valence-electron chi connectivity index (χ3n) is 4.40. The zero-order chi connectivity index (χ0) is 15.1. The predicted octanol–water partition coefficient (Wildman–Crippen LogP) is 3.51. The molecule has 21 heavy (non-hydrogen) atoms. The summed E-state index contributed by atoms with van der Waals surface area (Å²) in [4.78, 5) is 15.9. The highest BCUT2D eigenvalue weighted by molar-refractivity contribution is 7.09. The number of nitrogens with one attached hydrogen (secondary N) is 1. The van der Waals surface area contributed by atoms with E-state index in [-0.39, 0.29) is 11.8 Å². The first-order valence-corrected chi connectivity index (χ1v) is 9.09. The Morgan fingerprint density at radius 2 is 2.24 bits per heavy atom. The van der Waals surface area contributed by atoms with Crippen molar-refractivity contribution in [3.63, 3.8) is 0 Å². The molecule has 0 aromatic carbocycles. The molecule has 0 aliphatic carbocycles. The SMILES string of the molecule is CCC[C@H](C)C(=O)NCC1CCN(Cc2cccs2)CC1. The minimum Gasteiger partial charge on any atom is -0.356 e. The van der Waals surface area contributed by atoms with Gasteiger partial charge >= 0.3 is 0 Å². The number of thiophene rings is 1. The van der Waals surface area contributed by atoms with Gasteiger partial charge in [0.15, 0.2) is 0 Å². The lowest BCUT2D eigenvalue weighted by Gasteiger charge is -2.31. The van der Waals surface area contributed by atoms with Crippen LogP contribution < -0.4 is 5.32 Å². The quantitative estimate of drug-likeness (QED) is 0.836. The number of hydrogen-bond donors (Lipinski definition) is 1. The average molecular weight is 308 g/mol. The molecule has 2 rings (SSSR count). The molecule has 1 fully saturated rings. The van der Waals surface area contributed by atoms with Gasteiger partial charge in [-0.2, -0.15) is 0 Å². The zero-order valence-corrected chi connectivity index (χ0v) is 14.1. The molecular formula is C17H28N2OS. The predicted molar refractivity (Wildman–Crippen MR) is 89.4 cm³/mol. The molecular weight excluding hydrogens is 280 g/mol. The molecule has 2 heterocycles. The van der Waals surface area contributed by atoms with Crippen molar-refractivity contribution in [3.8, 4) is 0 Å². The van der Waals surface area contributed by atoms with E-state index in [1.54, 1.807) is 0 Å². The van der Waals surface area contributed by atoms with Crippen LogP contribution in [0, 0.1) is 11.8 Å². The Labute approximate surface area is 132 Å². The maximum Gasteiger partial charge on any atom is 0.222 e. The van der Waals surface area contributed by atoms with Gasteiger partial charge in [0.05, 0.1) is 0 Å². The van der Waals surface area contributed by atoms with E-state index < -0.39 is 0 Å². The van der Waals surface area contributed by atoms with E-state index in [9.17, 15) is 4.79 Å². The van der Waals surface area contributed by atoms with E-state index in [2.05, 4.69) is 34.7 Å². The molecule has 118 valence electrons. The number of likely N-dealkylation sites (tertiary alicyclic amines) is 1. The van der Waals surface area contributed by atoms with Crippen molar-refractivity contribution in [1.82, 2.24) is 10.2 Å². The third-order valence-corrected chi connectivity index (χ3v) is 5.26. The maximum absolute atomic E-state index is 11.9. The number of rotatable bonds is 7. The number of amides is 1. The van der Waals surface area contributed by atoms with E-state index >= 15 is 0 Å². The monoisotopic (exact) mass is 308 g/mol. The molecule has 1 amide bonds. The largest absolute Gasteiger partial charge is 0.356 e. The van der Waals surface area contributed by atoms with Gasteiger partial charge in [-0.05, 0) is 49.7 Å². The van der Waals surface area contributed by atoms with Gasteiger partial charge in [0.25, 0.3) is 0 Å². The van der Waals surface area contributed by atoms with E-state index in [0.717, 1.165) is 39.0 Å². The molecule has 0 unspecified atom stereocenters. The summed E-state index contributed by atoms with van der Waals surface area (Å²) in [6.45, 7) is 8.42. The normalized spacial score (nSPS) is 18.6. The summed E-state index contributed by atoms with van der Waals surface area (Å²) in [6.07, 6.45) is 4.47. The van der Waals surface area contributed by atoms with Crippen LogP contribution in [0.5, 0.6) is 0 Å². The van der Waals surface area contributed by atoms with Crippen LogP contribution in [0.4, 0.5) is 0 Å². The molecule has 1 saturated heterocycles. The summed E-state index contributed by atoms with van der Waals surface area (Å²) in [6, 6.07) is 4.34. The van der Waals surface area contributed by atoms with Gasteiger partial charge in [-0.3, -0.25) is 9.69 Å². The lowest BCUT2D eigenvalue weighted by molar-refractivity contribution is -0.124. The van der Waals surface area contributed by atoms with Gasteiger partial charge in [0, 0.05) is 23.9 Å². The summed E-state index contributed by atoms with van der Waals surface area (Å²) in [7, 11) is 0. The molecule has 1 aliphatic rings. The first-order chi connectivity index (χ1) is 10.2. The van der Waals surface area contributed by atoms with E-state index in [4.69, 9.17) is 0 Å². The van der Waals surface area contributed by atoms with Crippen LogP contribution in [0.25, 0.3) is 0 Å². The van der Waals surface area contributed by atoms with Crippen molar-refractivity contribution in [2.24, 2.45) is 11.8 Å². The Balaban J connectivity index is 1.64.